The van der Waals surface area contributed by atoms with Crippen LogP contribution in [0.3, 0.4) is 0 Å². The van der Waals surface area contributed by atoms with Gasteiger partial charge in [0.1, 0.15) is 0 Å². The third-order valence-electron chi connectivity index (χ3n) is 3.79. The Balaban J connectivity index is 2.19. The molecular weight excluding hydrogens is 327 g/mol. The molecule has 1 fully saturated rings. The predicted octanol–water partition coefficient (Wildman–Crippen LogP) is 0.127. The van der Waals surface area contributed by atoms with Crippen molar-refractivity contribution in [2.24, 2.45) is 11.0 Å². The van der Waals surface area contributed by atoms with E-state index in [9.17, 15) is 31.5 Å². The highest BCUT2D eigenvalue weighted by atomic mass is 32.2. The maximum Gasteiger partial charge on any atom is 0.438 e. The van der Waals surface area contributed by atoms with Gasteiger partial charge >= 0.3 is 6.18 Å². The molecule has 1 N–H and O–H groups in total. The molecule has 2 atom stereocenters. The Bertz CT molecular complexity index is 592. The summed E-state index contributed by atoms with van der Waals surface area (Å²) in [5, 5.41) is 13.1. The van der Waals surface area contributed by atoms with E-state index in [1.165, 1.54) is 0 Å². The zero-order chi connectivity index (χ0) is 16.8. The van der Waals surface area contributed by atoms with Gasteiger partial charge in [-0.25, -0.2) is 12.7 Å². The number of amides is 1. The molecule has 2 heterocycles. The molecular formula is C11H16F3N3O4S. The Labute approximate surface area is 125 Å². The van der Waals surface area contributed by atoms with Crippen molar-refractivity contribution in [2.45, 2.75) is 31.2 Å². The monoisotopic (exact) mass is 343 g/mol. The largest absolute Gasteiger partial charge is 0.438 e. The van der Waals surface area contributed by atoms with Gasteiger partial charge in [-0.05, 0) is 12.8 Å². The average molecular weight is 343 g/mol. The van der Waals surface area contributed by atoms with Crippen molar-refractivity contribution >= 4 is 22.1 Å². The van der Waals surface area contributed by atoms with Crippen LogP contribution in [0.2, 0.25) is 0 Å². The zero-order valence-electron chi connectivity index (χ0n) is 11.7. The van der Waals surface area contributed by atoms with Gasteiger partial charge in [-0.1, -0.05) is 0 Å². The molecule has 0 aromatic rings. The molecule has 2 aliphatic heterocycles. The van der Waals surface area contributed by atoms with Gasteiger partial charge in [-0.2, -0.15) is 23.3 Å². The molecule has 0 bridgehead atoms. The number of carbonyl (C=O) groups is 1. The van der Waals surface area contributed by atoms with Crippen molar-refractivity contribution in [3.63, 3.8) is 0 Å². The summed E-state index contributed by atoms with van der Waals surface area (Å²) >= 11 is 0. The first kappa shape index (κ1) is 17.2. The van der Waals surface area contributed by atoms with Crippen LogP contribution in [-0.4, -0.2) is 66.2 Å². The number of sulfonamides is 1. The molecule has 0 aromatic carbocycles. The van der Waals surface area contributed by atoms with Crippen LogP contribution >= 0.6 is 0 Å². The van der Waals surface area contributed by atoms with Crippen LogP contribution in [-0.2, 0) is 14.8 Å². The first-order valence-corrected chi connectivity index (χ1v) is 8.42. The normalized spacial score (nSPS) is 30.8. The maximum absolute atomic E-state index is 13.0. The number of aliphatic hydroxyl groups is 1. The van der Waals surface area contributed by atoms with E-state index in [1.54, 1.807) is 0 Å². The molecule has 7 nitrogen and oxygen atoms in total. The van der Waals surface area contributed by atoms with E-state index in [-0.39, 0.29) is 24.5 Å². The quantitative estimate of drug-likeness (QED) is 0.771. The van der Waals surface area contributed by atoms with Crippen molar-refractivity contribution in [3.8, 4) is 0 Å². The fourth-order valence-electron chi connectivity index (χ4n) is 2.52. The first-order chi connectivity index (χ1) is 9.97. The number of alkyl halides is 3. The summed E-state index contributed by atoms with van der Waals surface area (Å²) in [4.78, 5) is 12.3. The highest BCUT2D eigenvalue weighted by Gasteiger charge is 2.62. The molecule has 0 spiro atoms. The summed E-state index contributed by atoms with van der Waals surface area (Å²) in [6.07, 6.45) is -3.51. The molecule has 1 amide bonds. The second-order valence-corrected chi connectivity index (χ2v) is 7.41. The minimum atomic E-state index is -5.05. The Morgan fingerprint density at radius 1 is 1.45 bits per heavy atom. The predicted molar refractivity (Wildman–Crippen MR) is 70.1 cm³/mol. The van der Waals surface area contributed by atoms with Crippen LogP contribution < -0.4 is 0 Å². The number of hydrogen-bond donors (Lipinski definition) is 1. The molecule has 126 valence electrons. The van der Waals surface area contributed by atoms with Gasteiger partial charge < -0.3 is 5.11 Å². The van der Waals surface area contributed by atoms with Crippen LogP contribution in [0.15, 0.2) is 5.10 Å². The van der Waals surface area contributed by atoms with Gasteiger partial charge in [0.25, 0.3) is 5.72 Å². The molecule has 22 heavy (non-hydrogen) atoms. The van der Waals surface area contributed by atoms with E-state index in [4.69, 9.17) is 0 Å². The first-order valence-electron chi connectivity index (χ1n) is 6.57. The summed E-state index contributed by atoms with van der Waals surface area (Å²) in [7, 11) is -3.53. The lowest BCUT2D eigenvalue weighted by Gasteiger charge is -2.37. The van der Waals surface area contributed by atoms with Crippen LogP contribution in [0, 0.1) is 5.92 Å². The number of carbonyl (C=O) groups excluding carboxylic acids is 1. The zero-order valence-corrected chi connectivity index (χ0v) is 12.6. The van der Waals surface area contributed by atoms with Gasteiger partial charge in [0, 0.05) is 25.7 Å². The molecule has 1 saturated heterocycles. The van der Waals surface area contributed by atoms with Crippen LogP contribution in [0.1, 0.15) is 19.3 Å². The lowest BCUT2D eigenvalue weighted by atomic mass is 9.97. The fourth-order valence-corrected chi connectivity index (χ4v) is 3.44. The standard InChI is InChI=1S/C11H16F3N3O4S/c1-22(20,21)16-6-2-3-8(7-16)9(18)17-10(19,4-5-15-17)11(12,13)14/h5,8,19H,2-4,6-7H2,1H3. The topological polar surface area (TPSA) is 90.3 Å². The summed E-state index contributed by atoms with van der Waals surface area (Å²) in [6.45, 7) is 0.00699. The van der Waals surface area contributed by atoms with Crippen molar-refractivity contribution in [2.75, 3.05) is 19.3 Å². The number of nitrogens with zero attached hydrogens (tertiary/aromatic N) is 3. The second kappa shape index (κ2) is 5.46. The third-order valence-corrected chi connectivity index (χ3v) is 5.06. The van der Waals surface area contributed by atoms with Gasteiger partial charge in [0.05, 0.1) is 12.2 Å². The molecule has 11 heteroatoms. The van der Waals surface area contributed by atoms with E-state index in [0.29, 0.717) is 6.42 Å². The summed E-state index contributed by atoms with van der Waals surface area (Å²) in [5.41, 5.74) is -3.36. The van der Waals surface area contributed by atoms with Crippen molar-refractivity contribution in [3.05, 3.63) is 0 Å². The molecule has 0 aromatic heterocycles. The van der Waals surface area contributed by atoms with E-state index in [0.717, 1.165) is 16.8 Å². The van der Waals surface area contributed by atoms with Crippen molar-refractivity contribution < 1.29 is 31.5 Å². The summed E-state index contributed by atoms with van der Waals surface area (Å²) in [5.74, 6) is -1.99. The lowest BCUT2D eigenvalue weighted by Crippen LogP contribution is -2.58. The molecule has 0 aliphatic carbocycles. The van der Waals surface area contributed by atoms with Gasteiger partial charge in [0.15, 0.2) is 0 Å². The third kappa shape index (κ3) is 2.97. The molecule has 2 rings (SSSR count). The number of hydrogen-bond acceptors (Lipinski definition) is 5. The van der Waals surface area contributed by atoms with E-state index >= 15 is 0 Å². The van der Waals surface area contributed by atoms with Crippen molar-refractivity contribution in [1.29, 1.82) is 0 Å². The van der Waals surface area contributed by atoms with Crippen LogP contribution in [0.25, 0.3) is 0 Å². The minimum absolute atomic E-state index is 0.0312. The highest BCUT2D eigenvalue weighted by molar-refractivity contribution is 7.88. The number of rotatable bonds is 2. The number of hydrazone groups is 1. The minimum Gasteiger partial charge on any atom is -0.362 e. The molecule has 0 radical (unpaired) electrons. The average Bonchev–Trinajstić information content (AvgIpc) is 2.80. The SMILES string of the molecule is CS(=O)(=O)N1CCCC(C(=O)N2N=CCC2(O)C(F)(F)F)C1. The lowest BCUT2D eigenvalue weighted by molar-refractivity contribution is -0.303. The van der Waals surface area contributed by atoms with Gasteiger partial charge in [-0.3, -0.25) is 4.79 Å². The Morgan fingerprint density at radius 3 is 2.64 bits per heavy atom. The van der Waals surface area contributed by atoms with Gasteiger partial charge in [-0.15, -0.1) is 0 Å². The molecule has 0 saturated carbocycles. The van der Waals surface area contributed by atoms with E-state index in [2.05, 4.69) is 5.10 Å². The number of halogens is 3. The Hall–Kier alpha value is -1.20. The Kier molecular flexibility index (Phi) is 4.26. The Morgan fingerprint density at radius 2 is 2.09 bits per heavy atom. The fraction of sp³-hybridized carbons (Fsp3) is 0.818. The van der Waals surface area contributed by atoms with Crippen LogP contribution in [0.5, 0.6) is 0 Å². The van der Waals surface area contributed by atoms with E-state index in [1.807, 2.05) is 0 Å². The summed E-state index contributed by atoms with van der Waals surface area (Å²) in [6, 6.07) is 0. The van der Waals surface area contributed by atoms with Crippen LogP contribution in [0.4, 0.5) is 13.2 Å². The van der Waals surface area contributed by atoms with Gasteiger partial charge in [0.2, 0.25) is 15.9 Å². The molecule has 2 unspecified atom stereocenters. The van der Waals surface area contributed by atoms with E-state index < -0.39 is 40.2 Å². The number of piperidine rings is 1. The second-order valence-electron chi connectivity index (χ2n) is 5.43. The van der Waals surface area contributed by atoms with Crippen molar-refractivity contribution in [1.82, 2.24) is 9.31 Å². The maximum atomic E-state index is 13.0. The smallest absolute Gasteiger partial charge is 0.362 e. The molecule has 2 aliphatic rings. The highest BCUT2D eigenvalue weighted by Crippen LogP contribution is 2.39. The summed E-state index contributed by atoms with van der Waals surface area (Å²) < 4.78 is 62.9.